The first-order valence-corrected chi connectivity index (χ1v) is 5.74. The van der Waals surface area contributed by atoms with Gasteiger partial charge in [0.2, 0.25) is 0 Å². The molecule has 0 N–H and O–H groups in total. The summed E-state index contributed by atoms with van der Waals surface area (Å²) in [5, 5.41) is 0. The standard InChI is InChI=1S/C10H10O2S/c1-13(12)10-4-2-3-7-8(10)5-6-9(7)11/h2-4H,5-6H2,1H3. The molecular formula is C10H10O2S. The van der Waals surface area contributed by atoms with Gasteiger partial charge in [-0.05, 0) is 18.1 Å². The van der Waals surface area contributed by atoms with Crippen LogP contribution in [0, 0.1) is 0 Å². The maximum Gasteiger partial charge on any atom is 0.163 e. The maximum atomic E-state index is 11.3. The molecule has 0 radical (unpaired) electrons. The van der Waals surface area contributed by atoms with E-state index < -0.39 is 10.8 Å². The summed E-state index contributed by atoms with van der Waals surface area (Å²) >= 11 is 0. The van der Waals surface area contributed by atoms with Gasteiger partial charge in [0.05, 0.1) is 10.8 Å². The zero-order valence-electron chi connectivity index (χ0n) is 7.37. The number of carbonyl (C=O) groups is 1. The minimum absolute atomic E-state index is 0.183. The maximum absolute atomic E-state index is 11.3. The van der Waals surface area contributed by atoms with Gasteiger partial charge in [0.15, 0.2) is 5.78 Å². The molecule has 0 aliphatic heterocycles. The Morgan fingerprint density at radius 1 is 1.31 bits per heavy atom. The molecule has 0 saturated heterocycles. The molecule has 0 heterocycles. The Labute approximate surface area is 79.4 Å². The highest BCUT2D eigenvalue weighted by molar-refractivity contribution is 7.84. The van der Waals surface area contributed by atoms with Crippen molar-refractivity contribution in [2.75, 3.05) is 6.26 Å². The van der Waals surface area contributed by atoms with Gasteiger partial charge in [0.25, 0.3) is 0 Å². The first kappa shape index (κ1) is 8.63. The summed E-state index contributed by atoms with van der Waals surface area (Å²) in [6.07, 6.45) is 2.98. The zero-order valence-corrected chi connectivity index (χ0v) is 8.19. The molecule has 0 bridgehead atoms. The molecule has 13 heavy (non-hydrogen) atoms. The average Bonchev–Trinajstić information content (AvgIpc) is 2.48. The summed E-state index contributed by atoms with van der Waals surface area (Å²) in [7, 11) is -0.978. The van der Waals surface area contributed by atoms with Gasteiger partial charge >= 0.3 is 0 Å². The van der Waals surface area contributed by atoms with E-state index in [1.54, 1.807) is 12.3 Å². The summed E-state index contributed by atoms with van der Waals surface area (Å²) in [6, 6.07) is 5.47. The molecule has 0 fully saturated rings. The van der Waals surface area contributed by atoms with E-state index in [4.69, 9.17) is 0 Å². The molecule has 2 nitrogen and oxygen atoms in total. The zero-order chi connectivity index (χ0) is 9.42. The molecule has 0 spiro atoms. The molecule has 0 aromatic heterocycles. The van der Waals surface area contributed by atoms with Crippen molar-refractivity contribution in [2.45, 2.75) is 17.7 Å². The van der Waals surface area contributed by atoms with Crippen molar-refractivity contribution in [3.8, 4) is 0 Å². The Hall–Kier alpha value is -0.960. The van der Waals surface area contributed by atoms with Crippen LogP contribution in [0.15, 0.2) is 23.1 Å². The molecular weight excluding hydrogens is 184 g/mol. The Morgan fingerprint density at radius 3 is 2.77 bits per heavy atom. The number of Topliss-reactive ketones (excluding diaryl/α,β-unsaturated/α-hetero) is 1. The van der Waals surface area contributed by atoms with E-state index in [0.717, 1.165) is 22.4 Å². The lowest BCUT2D eigenvalue weighted by atomic mass is 10.1. The van der Waals surface area contributed by atoms with Crippen molar-refractivity contribution in [3.63, 3.8) is 0 Å². The fraction of sp³-hybridized carbons (Fsp3) is 0.300. The lowest BCUT2D eigenvalue weighted by molar-refractivity contribution is 0.0994. The fourth-order valence-corrected chi connectivity index (χ4v) is 2.56. The monoisotopic (exact) mass is 194 g/mol. The van der Waals surface area contributed by atoms with Crippen LogP contribution in [-0.4, -0.2) is 16.2 Å². The number of rotatable bonds is 1. The summed E-state index contributed by atoms with van der Waals surface area (Å²) in [5.41, 5.74) is 1.76. The van der Waals surface area contributed by atoms with Crippen molar-refractivity contribution in [3.05, 3.63) is 29.3 Å². The highest BCUT2D eigenvalue weighted by Gasteiger charge is 2.22. The molecule has 1 aliphatic rings. The Balaban J connectivity index is 2.63. The van der Waals surface area contributed by atoms with E-state index in [-0.39, 0.29) is 5.78 Å². The minimum atomic E-state index is -0.978. The number of benzene rings is 1. The summed E-state index contributed by atoms with van der Waals surface area (Å²) in [5.74, 6) is 0.183. The molecule has 1 aliphatic carbocycles. The number of hydrogen-bond acceptors (Lipinski definition) is 2. The second-order valence-corrected chi connectivity index (χ2v) is 4.51. The van der Waals surface area contributed by atoms with E-state index >= 15 is 0 Å². The van der Waals surface area contributed by atoms with Gasteiger partial charge in [-0.2, -0.15) is 0 Å². The highest BCUT2D eigenvalue weighted by atomic mass is 32.2. The lowest BCUT2D eigenvalue weighted by Crippen LogP contribution is -1.96. The first-order valence-electron chi connectivity index (χ1n) is 4.18. The largest absolute Gasteiger partial charge is 0.294 e. The summed E-state index contributed by atoms with van der Waals surface area (Å²) in [6.45, 7) is 0. The molecule has 1 aromatic carbocycles. The Morgan fingerprint density at radius 2 is 2.08 bits per heavy atom. The molecule has 1 atom stereocenters. The van der Waals surface area contributed by atoms with Crippen molar-refractivity contribution in [1.82, 2.24) is 0 Å². The first-order chi connectivity index (χ1) is 6.20. The minimum Gasteiger partial charge on any atom is -0.294 e. The van der Waals surface area contributed by atoms with E-state index in [1.807, 2.05) is 12.1 Å². The van der Waals surface area contributed by atoms with Crippen molar-refractivity contribution in [1.29, 1.82) is 0 Å². The summed E-state index contributed by atoms with van der Waals surface area (Å²) in [4.78, 5) is 12.2. The van der Waals surface area contributed by atoms with Gasteiger partial charge in [-0.1, -0.05) is 12.1 Å². The smallest absolute Gasteiger partial charge is 0.163 e. The third kappa shape index (κ3) is 1.33. The third-order valence-corrected chi connectivity index (χ3v) is 3.35. The van der Waals surface area contributed by atoms with Gasteiger partial charge in [-0.3, -0.25) is 9.00 Å². The SMILES string of the molecule is CS(=O)c1cccc2c1CCC2=O. The Bertz CT molecular complexity index is 396. The van der Waals surface area contributed by atoms with Crippen LogP contribution in [0.3, 0.4) is 0 Å². The Kier molecular flexibility index (Phi) is 2.04. The van der Waals surface area contributed by atoms with Crippen LogP contribution >= 0.6 is 0 Å². The van der Waals surface area contributed by atoms with Crippen molar-refractivity contribution < 1.29 is 9.00 Å². The fourth-order valence-electron chi connectivity index (χ4n) is 1.73. The van der Waals surface area contributed by atoms with Crippen LogP contribution in [-0.2, 0) is 17.2 Å². The lowest BCUT2D eigenvalue weighted by Gasteiger charge is -2.02. The third-order valence-electron chi connectivity index (χ3n) is 2.35. The molecule has 0 amide bonds. The molecule has 0 saturated carbocycles. The van der Waals surface area contributed by atoms with Gasteiger partial charge in [-0.25, -0.2) is 0 Å². The van der Waals surface area contributed by atoms with Gasteiger partial charge in [-0.15, -0.1) is 0 Å². The molecule has 1 aromatic rings. The molecule has 68 valence electrons. The summed E-state index contributed by atoms with van der Waals surface area (Å²) < 4.78 is 11.3. The van der Waals surface area contributed by atoms with Crippen LogP contribution in [0.25, 0.3) is 0 Å². The van der Waals surface area contributed by atoms with E-state index in [9.17, 15) is 9.00 Å². The highest BCUT2D eigenvalue weighted by Crippen LogP contribution is 2.26. The van der Waals surface area contributed by atoms with E-state index in [0.29, 0.717) is 6.42 Å². The van der Waals surface area contributed by atoms with E-state index in [2.05, 4.69) is 0 Å². The predicted molar refractivity (Wildman–Crippen MR) is 51.4 cm³/mol. The van der Waals surface area contributed by atoms with Crippen LogP contribution < -0.4 is 0 Å². The van der Waals surface area contributed by atoms with Crippen LogP contribution in [0.2, 0.25) is 0 Å². The van der Waals surface area contributed by atoms with Gasteiger partial charge in [0.1, 0.15) is 0 Å². The number of fused-ring (bicyclic) bond motifs is 1. The molecule has 1 unspecified atom stereocenters. The second kappa shape index (κ2) is 3.07. The van der Waals surface area contributed by atoms with Crippen LogP contribution in [0.5, 0.6) is 0 Å². The molecule has 2 rings (SSSR count). The van der Waals surface area contributed by atoms with Gasteiger partial charge < -0.3 is 0 Å². The van der Waals surface area contributed by atoms with Gasteiger partial charge in [0, 0.05) is 23.1 Å². The topological polar surface area (TPSA) is 34.1 Å². The quantitative estimate of drug-likeness (QED) is 0.679. The second-order valence-electron chi connectivity index (χ2n) is 3.16. The molecule has 3 heteroatoms. The van der Waals surface area contributed by atoms with Crippen LogP contribution in [0.4, 0.5) is 0 Å². The normalized spacial score (nSPS) is 17.2. The van der Waals surface area contributed by atoms with E-state index in [1.165, 1.54) is 0 Å². The van der Waals surface area contributed by atoms with Crippen molar-refractivity contribution >= 4 is 16.6 Å². The number of ketones is 1. The predicted octanol–water partition coefficient (Wildman–Crippen LogP) is 1.55. The number of carbonyl (C=O) groups excluding carboxylic acids is 1. The average molecular weight is 194 g/mol. The number of hydrogen-bond donors (Lipinski definition) is 0. The van der Waals surface area contributed by atoms with Crippen LogP contribution in [0.1, 0.15) is 22.3 Å². The van der Waals surface area contributed by atoms with Crippen molar-refractivity contribution in [2.24, 2.45) is 0 Å².